The molecule has 90 valence electrons. The predicted molar refractivity (Wildman–Crippen MR) is 67.1 cm³/mol. The van der Waals surface area contributed by atoms with Gasteiger partial charge in [0, 0.05) is 25.4 Å². The molecule has 0 aromatic heterocycles. The van der Waals surface area contributed by atoms with E-state index in [9.17, 15) is 0 Å². The predicted octanol–water partition coefficient (Wildman–Crippen LogP) is 0.183. The number of nitrogens with one attached hydrogen (secondary N) is 2. The summed E-state index contributed by atoms with van der Waals surface area (Å²) in [7, 11) is 1.66. The van der Waals surface area contributed by atoms with Crippen molar-refractivity contribution in [3.05, 3.63) is 0 Å². The maximum atomic E-state index is 5.32. The average molecular weight is 234 g/mol. The molecule has 0 spiro atoms. The monoisotopic (exact) mass is 234 g/mol. The second kappa shape index (κ2) is 10.1. The first kappa shape index (κ1) is 14.5. The minimum atomic E-state index is 0.625. The van der Waals surface area contributed by atoms with E-state index in [2.05, 4.69) is 28.9 Å². The van der Waals surface area contributed by atoms with Gasteiger partial charge in [0.25, 0.3) is 0 Å². The molecule has 0 amide bonds. The van der Waals surface area contributed by atoms with Crippen molar-refractivity contribution in [2.24, 2.45) is 10.8 Å². The van der Waals surface area contributed by atoms with Crippen LogP contribution in [0.2, 0.25) is 0 Å². The van der Waals surface area contributed by atoms with E-state index < -0.39 is 0 Å². The molecule has 0 radical (unpaired) electrons. The summed E-state index contributed by atoms with van der Waals surface area (Å²) in [4.78, 5) is 4.30. The Morgan fingerprint density at radius 3 is 2.87 bits per heavy atom. The molecular formula is C9H22N4OS. The topological polar surface area (TPSA) is 71.7 Å². The number of nitrogens with two attached hydrogens (primary N) is 1. The van der Waals surface area contributed by atoms with Gasteiger partial charge in [0.2, 0.25) is 5.96 Å². The first-order chi connectivity index (χ1) is 7.24. The van der Waals surface area contributed by atoms with Gasteiger partial charge in [-0.3, -0.25) is 10.4 Å². The fourth-order valence-electron chi connectivity index (χ4n) is 0.900. The zero-order chi connectivity index (χ0) is 11.5. The smallest absolute Gasteiger partial charge is 0.205 e. The van der Waals surface area contributed by atoms with Crippen molar-refractivity contribution in [2.75, 3.05) is 33.1 Å². The maximum absolute atomic E-state index is 5.32. The van der Waals surface area contributed by atoms with E-state index in [0.29, 0.717) is 24.4 Å². The Morgan fingerprint density at radius 2 is 2.33 bits per heavy atom. The molecule has 0 aliphatic rings. The van der Waals surface area contributed by atoms with Gasteiger partial charge in [-0.2, -0.15) is 11.8 Å². The third-order valence-electron chi connectivity index (χ3n) is 1.94. The Morgan fingerprint density at radius 1 is 1.60 bits per heavy atom. The van der Waals surface area contributed by atoms with Gasteiger partial charge in [0.05, 0.1) is 6.61 Å². The van der Waals surface area contributed by atoms with Gasteiger partial charge >= 0.3 is 0 Å². The molecule has 1 unspecified atom stereocenters. The number of rotatable bonds is 7. The number of ether oxygens (including phenoxy) is 1. The largest absolute Gasteiger partial charge is 0.383 e. The Balaban J connectivity index is 3.68. The van der Waals surface area contributed by atoms with E-state index in [-0.39, 0.29) is 0 Å². The van der Waals surface area contributed by atoms with Crippen molar-refractivity contribution in [2.45, 2.75) is 18.6 Å². The Kier molecular flexibility index (Phi) is 9.76. The number of guanidine groups is 1. The van der Waals surface area contributed by atoms with E-state index in [0.717, 1.165) is 13.0 Å². The van der Waals surface area contributed by atoms with Gasteiger partial charge in [0.15, 0.2) is 0 Å². The number of hydrazine groups is 1. The van der Waals surface area contributed by atoms with Crippen LogP contribution in [0.15, 0.2) is 4.99 Å². The lowest BCUT2D eigenvalue weighted by molar-refractivity contribution is 0.203. The van der Waals surface area contributed by atoms with E-state index in [1.807, 2.05) is 11.8 Å². The van der Waals surface area contributed by atoms with Crippen LogP contribution in [0.5, 0.6) is 0 Å². The van der Waals surface area contributed by atoms with Crippen molar-refractivity contribution < 1.29 is 4.74 Å². The molecule has 0 bridgehead atoms. The van der Waals surface area contributed by atoms with Crippen molar-refractivity contribution in [1.82, 2.24) is 10.7 Å². The SMILES string of the molecule is COCCNC(=NCCC(C)SC)NN. The quantitative estimate of drug-likeness (QED) is 0.193. The highest BCUT2D eigenvalue weighted by atomic mass is 32.2. The van der Waals surface area contributed by atoms with Crippen molar-refractivity contribution in [1.29, 1.82) is 0 Å². The summed E-state index contributed by atoms with van der Waals surface area (Å²) >= 11 is 1.84. The molecule has 0 fully saturated rings. The first-order valence-electron chi connectivity index (χ1n) is 5.01. The number of aliphatic imine (C=N–C) groups is 1. The van der Waals surface area contributed by atoms with Gasteiger partial charge in [-0.05, 0) is 12.7 Å². The van der Waals surface area contributed by atoms with Gasteiger partial charge in [-0.25, -0.2) is 5.84 Å². The molecule has 15 heavy (non-hydrogen) atoms. The van der Waals surface area contributed by atoms with Crippen LogP contribution in [0.3, 0.4) is 0 Å². The van der Waals surface area contributed by atoms with Crippen LogP contribution in [0.25, 0.3) is 0 Å². The van der Waals surface area contributed by atoms with Crippen LogP contribution in [0, 0.1) is 0 Å². The normalized spacial score (nSPS) is 13.7. The average Bonchev–Trinajstić information content (AvgIpc) is 2.26. The second-order valence-corrected chi connectivity index (χ2v) is 4.41. The molecule has 0 aromatic rings. The highest BCUT2D eigenvalue weighted by Crippen LogP contribution is 2.08. The summed E-state index contributed by atoms with van der Waals surface area (Å²) in [5.41, 5.74) is 2.53. The summed E-state index contributed by atoms with van der Waals surface area (Å²) in [6.07, 6.45) is 3.16. The van der Waals surface area contributed by atoms with Crippen LogP contribution in [-0.2, 0) is 4.74 Å². The minimum absolute atomic E-state index is 0.625. The number of thioether (sulfide) groups is 1. The first-order valence-corrected chi connectivity index (χ1v) is 6.30. The fourth-order valence-corrected chi connectivity index (χ4v) is 1.24. The molecule has 0 heterocycles. The van der Waals surface area contributed by atoms with E-state index in [1.165, 1.54) is 0 Å². The Labute approximate surface area is 96.2 Å². The molecule has 0 rings (SSSR count). The molecule has 1 atom stereocenters. The van der Waals surface area contributed by atoms with Crippen molar-refractivity contribution in [3.8, 4) is 0 Å². The Bertz CT molecular complexity index is 177. The summed E-state index contributed by atoms with van der Waals surface area (Å²) in [6.45, 7) is 4.31. The molecule has 0 aliphatic heterocycles. The van der Waals surface area contributed by atoms with Gasteiger partial charge in [0.1, 0.15) is 0 Å². The van der Waals surface area contributed by atoms with E-state index in [1.54, 1.807) is 7.11 Å². The van der Waals surface area contributed by atoms with Crippen LogP contribution < -0.4 is 16.6 Å². The Hall–Kier alpha value is -0.460. The van der Waals surface area contributed by atoms with Crippen molar-refractivity contribution >= 4 is 17.7 Å². The standard InChI is InChI=1S/C9H22N4OS/c1-8(15-3)4-5-11-9(13-10)12-6-7-14-2/h8H,4-7,10H2,1-3H3,(H2,11,12,13). The fraction of sp³-hybridized carbons (Fsp3) is 0.889. The molecular weight excluding hydrogens is 212 g/mol. The van der Waals surface area contributed by atoms with Crippen molar-refractivity contribution in [3.63, 3.8) is 0 Å². The lowest BCUT2D eigenvalue weighted by atomic mass is 10.3. The summed E-state index contributed by atoms with van der Waals surface area (Å²) < 4.78 is 4.91. The van der Waals surface area contributed by atoms with Gasteiger partial charge in [-0.1, -0.05) is 6.92 Å². The highest BCUT2D eigenvalue weighted by Gasteiger charge is 1.99. The molecule has 0 aliphatic carbocycles. The van der Waals surface area contributed by atoms with Crippen LogP contribution >= 0.6 is 11.8 Å². The molecule has 0 saturated heterocycles. The third kappa shape index (κ3) is 8.53. The molecule has 6 heteroatoms. The number of hydrogen-bond donors (Lipinski definition) is 3. The molecule has 0 aromatic carbocycles. The second-order valence-electron chi connectivity index (χ2n) is 3.13. The number of nitrogens with zero attached hydrogens (tertiary/aromatic N) is 1. The number of hydrogen-bond acceptors (Lipinski definition) is 4. The van der Waals surface area contributed by atoms with E-state index in [4.69, 9.17) is 10.6 Å². The van der Waals surface area contributed by atoms with Crippen LogP contribution in [0.1, 0.15) is 13.3 Å². The van der Waals surface area contributed by atoms with Crippen LogP contribution in [-0.4, -0.2) is 44.3 Å². The molecule has 5 nitrogen and oxygen atoms in total. The minimum Gasteiger partial charge on any atom is -0.383 e. The third-order valence-corrected chi connectivity index (χ3v) is 2.98. The lowest BCUT2D eigenvalue weighted by Gasteiger charge is -2.09. The van der Waals surface area contributed by atoms with Gasteiger partial charge in [-0.15, -0.1) is 0 Å². The summed E-state index contributed by atoms with van der Waals surface area (Å²) in [5.74, 6) is 5.94. The highest BCUT2D eigenvalue weighted by molar-refractivity contribution is 7.99. The maximum Gasteiger partial charge on any atom is 0.205 e. The van der Waals surface area contributed by atoms with Gasteiger partial charge < -0.3 is 10.1 Å². The summed E-state index contributed by atoms with van der Waals surface area (Å²) in [5, 5.41) is 3.68. The molecule has 0 saturated carbocycles. The zero-order valence-corrected chi connectivity index (χ0v) is 10.6. The molecule has 4 N–H and O–H groups in total. The van der Waals surface area contributed by atoms with Crippen LogP contribution in [0.4, 0.5) is 0 Å². The zero-order valence-electron chi connectivity index (χ0n) is 9.75. The lowest BCUT2D eigenvalue weighted by Crippen LogP contribution is -2.43. The number of methoxy groups -OCH3 is 1. The summed E-state index contributed by atoms with van der Waals surface area (Å²) in [6, 6.07) is 0. The van der Waals surface area contributed by atoms with E-state index >= 15 is 0 Å².